The van der Waals surface area contributed by atoms with Crippen molar-refractivity contribution < 1.29 is 9.53 Å². The molecule has 0 aliphatic rings. The number of benzene rings is 2. The van der Waals surface area contributed by atoms with E-state index in [1.54, 1.807) is 0 Å². The van der Waals surface area contributed by atoms with Gasteiger partial charge in [-0.05, 0) is 46.0 Å². The van der Waals surface area contributed by atoms with Crippen LogP contribution in [-0.2, 0) is 4.43 Å². The molecule has 3 atom stereocenters. The molecule has 0 radical (unpaired) electrons. The largest absolute Gasteiger partial charge is 0.407 e. The molecule has 0 aromatic heterocycles. The normalized spacial score (nSPS) is 15.7. The van der Waals surface area contributed by atoms with Crippen LogP contribution < -0.4 is 10.4 Å². The molecular formula is C26H40O2Si. The first-order valence-electron chi connectivity index (χ1n) is 11.1. The first-order valence-corrected chi connectivity index (χ1v) is 13.0. The molecule has 0 saturated heterocycles. The van der Waals surface area contributed by atoms with Gasteiger partial charge in [-0.1, -0.05) is 102 Å². The Kier molecular flexibility index (Phi) is 8.68. The molecule has 2 nitrogen and oxygen atoms in total. The molecule has 2 rings (SSSR count). The van der Waals surface area contributed by atoms with Crippen molar-refractivity contribution in [3.8, 4) is 0 Å². The average molecular weight is 413 g/mol. The van der Waals surface area contributed by atoms with Gasteiger partial charge in [-0.2, -0.15) is 0 Å². The number of aliphatic hydroxyl groups is 1. The monoisotopic (exact) mass is 412 g/mol. The predicted octanol–water partition coefficient (Wildman–Crippen LogP) is 5.24. The van der Waals surface area contributed by atoms with Crippen molar-refractivity contribution in [2.75, 3.05) is 13.2 Å². The summed E-state index contributed by atoms with van der Waals surface area (Å²) in [6.45, 7) is 14.8. The molecule has 29 heavy (non-hydrogen) atoms. The fourth-order valence-corrected chi connectivity index (χ4v) is 9.33. The zero-order valence-electron chi connectivity index (χ0n) is 19.2. The fourth-order valence-electron chi connectivity index (χ4n) is 4.64. The molecule has 160 valence electrons. The van der Waals surface area contributed by atoms with Crippen LogP contribution in [0.15, 0.2) is 60.7 Å². The predicted molar refractivity (Wildman–Crippen MR) is 127 cm³/mol. The maximum atomic E-state index is 9.35. The van der Waals surface area contributed by atoms with E-state index in [-0.39, 0.29) is 11.6 Å². The van der Waals surface area contributed by atoms with Crippen molar-refractivity contribution in [1.82, 2.24) is 0 Å². The summed E-state index contributed by atoms with van der Waals surface area (Å²) >= 11 is 0. The van der Waals surface area contributed by atoms with Gasteiger partial charge in [0.25, 0.3) is 8.32 Å². The minimum Gasteiger partial charge on any atom is -0.407 e. The van der Waals surface area contributed by atoms with Gasteiger partial charge < -0.3 is 9.53 Å². The molecular weight excluding hydrogens is 372 g/mol. The van der Waals surface area contributed by atoms with Crippen molar-refractivity contribution in [3.05, 3.63) is 60.7 Å². The number of hydrogen-bond donors (Lipinski definition) is 1. The van der Waals surface area contributed by atoms with Crippen LogP contribution in [0.25, 0.3) is 0 Å². The third-order valence-electron chi connectivity index (χ3n) is 5.92. The maximum absolute atomic E-state index is 9.35. The van der Waals surface area contributed by atoms with Gasteiger partial charge in [0.15, 0.2) is 0 Å². The summed E-state index contributed by atoms with van der Waals surface area (Å²) in [5.41, 5.74) is 0. The molecule has 0 bridgehead atoms. The van der Waals surface area contributed by atoms with Crippen LogP contribution in [0.2, 0.25) is 5.04 Å². The van der Waals surface area contributed by atoms with Crippen molar-refractivity contribution in [3.63, 3.8) is 0 Å². The van der Waals surface area contributed by atoms with Gasteiger partial charge in [-0.15, -0.1) is 0 Å². The Morgan fingerprint density at radius 3 is 1.62 bits per heavy atom. The van der Waals surface area contributed by atoms with E-state index < -0.39 is 8.32 Å². The molecule has 0 aliphatic heterocycles. The second-order valence-electron chi connectivity index (χ2n) is 9.94. The van der Waals surface area contributed by atoms with Crippen molar-refractivity contribution in [2.24, 2.45) is 17.8 Å². The Morgan fingerprint density at radius 1 is 0.759 bits per heavy atom. The van der Waals surface area contributed by atoms with E-state index in [0.717, 1.165) is 19.4 Å². The summed E-state index contributed by atoms with van der Waals surface area (Å²) in [6.07, 6.45) is 2.20. The molecule has 1 N–H and O–H groups in total. The average Bonchev–Trinajstić information content (AvgIpc) is 2.68. The van der Waals surface area contributed by atoms with Crippen LogP contribution in [0.3, 0.4) is 0 Å². The molecule has 0 spiro atoms. The lowest BCUT2D eigenvalue weighted by molar-refractivity contribution is 0.189. The van der Waals surface area contributed by atoms with E-state index in [4.69, 9.17) is 4.43 Å². The summed E-state index contributed by atoms with van der Waals surface area (Å²) in [6, 6.07) is 21.7. The third kappa shape index (κ3) is 6.03. The maximum Gasteiger partial charge on any atom is 0.261 e. The van der Waals surface area contributed by atoms with E-state index in [9.17, 15) is 5.11 Å². The minimum absolute atomic E-state index is 0.0203. The first-order chi connectivity index (χ1) is 13.7. The van der Waals surface area contributed by atoms with Crippen LogP contribution in [0.1, 0.15) is 54.4 Å². The summed E-state index contributed by atoms with van der Waals surface area (Å²) < 4.78 is 7.05. The molecule has 2 aromatic rings. The Bertz CT molecular complexity index is 669. The second-order valence-corrected chi connectivity index (χ2v) is 14.2. The van der Waals surface area contributed by atoms with Gasteiger partial charge in [0.05, 0.1) is 0 Å². The molecule has 2 aromatic carbocycles. The summed E-state index contributed by atoms with van der Waals surface area (Å²) in [5.74, 6) is 1.45. The highest BCUT2D eigenvalue weighted by Gasteiger charge is 2.50. The molecule has 0 unspecified atom stereocenters. The van der Waals surface area contributed by atoms with Crippen LogP contribution >= 0.6 is 0 Å². The lowest BCUT2D eigenvalue weighted by Gasteiger charge is -2.43. The summed E-state index contributed by atoms with van der Waals surface area (Å²) in [7, 11) is -2.44. The van der Waals surface area contributed by atoms with E-state index in [0.29, 0.717) is 17.8 Å². The third-order valence-corrected chi connectivity index (χ3v) is 10.9. The Labute approximate surface area is 179 Å². The number of rotatable bonds is 10. The minimum atomic E-state index is -2.44. The van der Waals surface area contributed by atoms with Gasteiger partial charge in [-0.25, -0.2) is 0 Å². The fraction of sp³-hybridized carbons (Fsp3) is 0.538. The summed E-state index contributed by atoms with van der Waals surface area (Å²) in [4.78, 5) is 0. The second kappa shape index (κ2) is 10.6. The Morgan fingerprint density at radius 2 is 1.21 bits per heavy atom. The molecule has 0 heterocycles. The standard InChI is InChI=1S/C26H40O2Si/c1-21(17-22(2)19-27)18-23(3)20-28-29(26(4,5)6,24-13-9-7-10-14-24)25-15-11-8-12-16-25/h7-16,21-23,27H,17-20H2,1-6H3/t21-,22-,23+/m0/s1. The highest BCUT2D eigenvalue weighted by molar-refractivity contribution is 6.99. The first kappa shape index (κ1) is 23.9. The quantitative estimate of drug-likeness (QED) is 0.541. The van der Waals surface area contributed by atoms with E-state index in [1.165, 1.54) is 10.4 Å². The highest BCUT2D eigenvalue weighted by Crippen LogP contribution is 2.37. The van der Waals surface area contributed by atoms with Crippen LogP contribution in [0.5, 0.6) is 0 Å². The van der Waals surface area contributed by atoms with E-state index in [1.807, 2.05) is 0 Å². The van der Waals surface area contributed by atoms with Crippen molar-refractivity contribution in [2.45, 2.75) is 59.4 Å². The Hall–Kier alpha value is -1.42. The van der Waals surface area contributed by atoms with Crippen LogP contribution in [0.4, 0.5) is 0 Å². The zero-order chi connectivity index (χ0) is 21.5. The zero-order valence-corrected chi connectivity index (χ0v) is 20.2. The van der Waals surface area contributed by atoms with E-state index in [2.05, 4.69) is 102 Å². The van der Waals surface area contributed by atoms with E-state index >= 15 is 0 Å². The van der Waals surface area contributed by atoms with Gasteiger partial charge in [0.2, 0.25) is 0 Å². The van der Waals surface area contributed by atoms with Crippen molar-refractivity contribution in [1.29, 1.82) is 0 Å². The van der Waals surface area contributed by atoms with Crippen molar-refractivity contribution >= 4 is 18.7 Å². The SMILES string of the molecule is C[C@@H](C[C@H](C)CO)C[C@@H](C)CO[Si](c1ccccc1)(c1ccccc1)C(C)(C)C. The number of hydrogen-bond acceptors (Lipinski definition) is 2. The van der Waals surface area contributed by atoms with Crippen LogP contribution in [-0.4, -0.2) is 26.6 Å². The lowest BCUT2D eigenvalue weighted by atomic mass is 9.90. The topological polar surface area (TPSA) is 29.5 Å². The summed E-state index contributed by atoms with van der Waals surface area (Å²) in [5, 5.41) is 12.1. The molecule has 0 amide bonds. The van der Waals surface area contributed by atoms with Gasteiger partial charge in [-0.3, -0.25) is 0 Å². The lowest BCUT2D eigenvalue weighted by Crippen LogP contribution is -2.66. The molecule has 0 aliphatic carbocycles. The van der Waals surface area contributed by atoms with Gasteiger partial charge in [0, 0.05) is 13.2 Å². The number of aliphatic hydroxyl groups excluding tert-OH is 1. The highest BCUT2D eigenvalue weighted by atomic mass is 28.4. The van der Waals surface area contributed by atoms with Gasteiger partial charge in [0.1, 0.15) is 0 Å². The molecule has 0 fully saturated rings. The van der Waals surface area contributed by atoms with Gasteiger partial charge >= 0.3 is 0 Å². The smallest absolute Gasteiger partial charge is 0.261 e. The Balaban J connectivity index is 2.29. The molecule has 3 heteroatoms. The molecule has 0 saturated carbocycles. The van der Waals surface area contributed by atoms with Crippen LogP contribution in [0, 0.1) is 17.8 Å².